The van der Waals surface area contributed by atoms with E-state index in [0.717, 1.165) is 32.4 Å². The molecule has 1 atom stereocenters. The second-order valence-electron chi connectivity index (χ2n) is 7.84. The highest BCUT2D eigenvalue weighted by Crippen LogP contribution is 2.31. The smallest absolute Gasteiger partial charge is 0.317 e. The highest BCUT2D eigenvalue weighted by Gasteiger charge is 2.25. The Morgan fingerprint density at radius 2 is 1.93 bits per heavy atom. The number of carbonyl (C=O) groups is 2. The zero-order valence-corrected chi connectivity index (χ0v) is 16.6. The summed E-state index contributed by atoms with van der Waals surface area (Å²) in [5.74, 6) is -0.590. The van der Waals surface area contributed by atoms with Crippen molar-refractivity contribution >= 4 is 11.9 Å². The lowest BCUT2D eigenvalue weighted by Gasteiger charge is -2.33. The van der Waals surface area contributed by atoms with Gasteiger partial charge in [-0.1, -0.05) is 12.5 Å². The fourth-order valence-corrected chi connectivity index (χ4v) is 4.32. The van der Waals surface area contributed by atoms with Gasteiger partial charge in [0, 0.05) is 51.0 Å². The first-order chi connectivity index (χ1) is 13.6. The van der Waals surface area contributed by atoms with Crippen molar-refractivity contribution in [3.05, 3.63) is 30.1 Å². The molecule has 1 N–H and O–H groups in total. The number of carboxylic acid groups (broad SMARTS) is 1. The summed E-state index contributed by atoms with van der Waals surface area (Å²) in [4.78, 5) is 33.7. The van der Waals surface area contributed by atoms with Crippen LogP contribution in [-0.2, 0) is 9.59 Å². The Balaban J connectivity index is 1.30. The highest BCUT2D eigenvalue weighted by molar-refractivity contribution is 5.76. The van der Waals surface area contributed by atoms with Crippen molar-refractivity contribution < 1.29 is 14.7 Å². The topological polar surface area (TPSA) is 77.0 Å². The monoisotopic (exact) mass is 388 g/mol. The minimum Gasteiger partial charge on any atom is -0.480 e. The Labute approximate surface area is 167 Å². The van der Waals surface area contributed by atoms with Crippen LogP contribution in [-0.4, -0.2) is 82.5 Å². The Morgan fingerprint density at radius 3 is 2.64 bits per heavy atom. The van der Waals surface area contributed by atoms with E-state index in [1.165, 1.54) is 18.4 Å². The minimum absolute atomic E-state index is 0.0680. The predicted octanol–water partition coefficient (Wildman–Crippen LogP) is 2.01. The van der Waals surface area contributed by atoms with Gasteiger partial charge < -0.3 is 10.0 Å². The van der Waals surface area contributed by atoms with Crippen molar-refractivity contribution in [1.29, 1.82) is 0 Å². The molecule has 3 heterocycles. The van der Waals surface area contributed by atoms with Crippen molar-refractivity contribution in [1.82, 2.24) is 19.7 Å². The number of pyridine rings is 1. The predicted molar refractivity (Wildman–Crippen MR) is 107 cm³/mol. The van der Waals surface area contributed by atoms with E-state index in [9.17, 15) is 9.59 Å². The zero-order valence-electron chi connectivity index (χ0n) is 16.6. The van der Waals surface area contributed by atoms with Gasteiger partial charge >= 0.3 is 5.97 Å². The molecule has 0 spiro atoms. The summed E-state index contributed by atoms with van der Waals surface area (Å²) in [5, 5.41) is 8.84. The summed E-state index contributed by atoms with van der Waals surface area (Å²) >= 11 is 0. The van der Waals surface area contributed by atoms with Gasteiger partial charge in [-0.3, -0.25) is 24.4 Å². The zero-order chi connectivity index (χ0) is 19.8. The second kappa shape index (κ2) is 10.5. The second-order valence-corrected chi connectivity index (χ2v) is 7.84. The molecular formula is C21H32N4O3. The fraction of sp³-hybridized carbons (Fsp3) is 0.667. The van der Waals surface area contributed by atoms with Crippen LogP contribution in [0.3, 0.4) is 0 Å². The normalized spacial score (nSPS) is 21.1. The van der Waals surface area contributed by atoms with Crippen LogP contribution in [0.2, 0.25) is 0 Å². The number of carbonyl (C=O) groups excluding carboxylic acids is 1. The maximum atomic E-state index is 12.4. The van der Waals surface area contributed by atoms with Gasteiger partial charge in [-0.25, -0.2) is 0 Å². The SMILES string of the molecule is O=C(O)CN1CCN(C(=O)CCCCCN2CCCC2c2cccnc2)CC1. The van der Waals surface area contributed by atoms with Crippen LogP contribution in [0.1, 0.15) is 50.1 Å². The third-order valence-corrected chi connectivity index (χ3v) is 5.85. The molecular weight excluding hydrogens is 356 g/mol. The van der Waals surface area contributed by atoms with E-state index in [4.69, 9.17) is 5.11 Å². The number of carboxylic acids is 1. The number of piperazine rings is 1. The summed E-state index contributed by atoms with van der Waals surface area (Å²) in [6.07, 6.45) is 9.98. The van der Waals surface area contributed by atoms with Crippen molar-refractivity contribution in [2.45, 2.75) is 44.6 Å². The number of rotatable bonds is 9. The average Bonchev–Trinajstić information content (AvgIpc) is 3.17. The Kier molecular flexibility index (Phi) is 7.80. The number of hydrogen-bond acceptors (Lipinski definition) is 5. The third kappa shape index (κ3) is 6.01. The molecule has 7 heteroatoms. The van der Waals surface area contributed by atoms with Crippen molar-refractivity contribution in [3.8, 4) is 0 Å². The van der Waals surface area contributed by atoms with Gasteiger partial charge in [0.1, 0.15) is 0 Å². The van der Waals surface area contributed by atoms with E-state index >= 15 is 0 Å². The van der Waals surface area contributed by atoms with Crippen molar-refractivity contribution in [2.75, 3.05) is 45.8 Å². The molecule has 1 amide bonds. The Hall–Kier alpha value is -1.99. The van der Waals surface area contributed by atoms with Crippen LogP contribution in [0.25, 0.3) is 0 Å². The van der Waals surface area contributed by atoms with Crippen LogP contribution >= 0.6 is 0 Å². The van der Waals surface area contributed by atoms with Crippen LogP contribution in [0.4, 0.5) is 0 Å². The molecule has 2 fully saturated rings. The van der Waals surface area contributed by atoms with E-state index in [0.29, 0.717) is 38.6 Å². The van der Waals surface area contributed by atoms with E-state index in [-0.39, 0.29) is 12.5 Å². The molecule has 3 rings (SSSR count). The lowest BCUT2D eigenvalue weighted by Crippen LogP contribution is -2.49. The molecule has 2 aliphatic rings. The number of likely N-dealkylation sites (tertiary alicyclic amines) is 1. The minimum atomic E-state index is -0.802. The highest BCUT2D eigenvalue weighted by atomic mass is 16.4. The molecule has 0 radical (unpaired) electrons. The number of aromatic nitrogens is 1. The maximum absolute atomic E-state index is 12.4. The largest absolute Gasteiger partial charge is 0.480 e. The van der Waals surface area contributed by atoms with Crippen molar-refractivity contribution in [2.24, 2.45) is 0 Å². The van der Waals surface area contributed by atoms with Gasteiger partial charge in [-0.15, -0.1) is 0 Å². The summed E-state index contributed by atoms with van der Waals surface area (Å²) in [7, 11) is 0. The van der Waals surface area contributed by atoms with Crippen LogP contribution in [0.5, 0.6) is 0 Å². The maximum Gasteiger partial charge on any atom is 0.317 e. The molecule has 1 aromatic rings. The number of nitrogens with zero attached hydrogens (tertiary/aromatic N) is 4. The van der Waals surface area contributed by atoms with E-state index in [1.54, 1.807) is 0 Å². The summed E-state index contributed by atoms with van der Waals surface area (Å²) in [5.41, 5.74) is 1.32. The number of unbranched alkanes of at least 4 members (excludes halogenated alkanes) is 2. The molecule has 0 bridgehead atoms. The summed E-state index contributed by atoms with van der Waals surface area (Å²) in [6.45, 7) is 4.91. The van der Waals surface area contributed by atoms with Gasteiger partial charge in [0.15, 0.2) is 0 Å². The summed E-state index contributed by atoms with van der Waals surface area (Å²) in [6, 6.07) is 4.68. The molecule has 7 nitrogen and oxygen atoms in total. The van der Waals surface area contributed by atoms with Gasteiger partial charge in [0.05, 0.1) is 6.54 Å². The average molecular weight is 389 g/mol. The van der Waals surface area contributed by atoms with Crippen LogP contribution in [0.15, 0.2) is 24.5 Å². The van der Waals surface area contributed by atoms with E-state index < -0.39 is 5.97 Å². The van der Waals surface area contributed by atoms with Gasteiger partial charge in [-0.2, -0.15) is 0 Å². The first-order valence-electron chi connectivity index (χ1n) is 10.5. The number of amides is 1. The molecule has 2 aliphatic heterocycles. The van der Waals surface area contributed by atoms with E-state index in [1.807, 2.05) is 28.3 Å². The lowest BCUT2D eigenvalue weighted by molar-refractivity contribution is -0.139. The molecule has 1 unspecified atom stereocenters. The first kappa shape index (κ1) is 20.7. The fourth-order valence-electron chi connectivity index (χ4n) is 4.32. The molecule has 0 aliphatic carbocycles. The molecule has 154 valence electrons. The number of hydrogen-bond donors (Lipinski definition) is 1. The lowest BCUT2D eigenvalue weighted by atomic mass is 10.1. The third-order valence-electron chi connectivity index (χ3n) is 5.85. The van der Waals surface area contributed by atoms with Gasteiger partial charge in [0.2, 0.25) is 5.91 Å². The van der Waals surface area contributed by atoms with Gasteiger partial charge in [0.25, 0.3) is 0 Å². The Morgan fingerprint density at radius 1 is 1.11 bits per heavy atom. The first-order valence-corrected chi connectivity index (χ1v) is 10.5. The van der Waals surface area contributed by atoms with E-state index in [2.05, 4.69) is 16.0 Å². The van der Waals surface area contributed by atoms with Crippen LogP contribution < -0.4 is 0 Å². The standard InChI is InChI=1S/C21H32N4O3/c26-20(25-14-12-23(13-15-25)17-21(27)28)8-2-1-3-10-24-11-5-7-19(24)18-6-4-9-22-16-18/h4,6,9,16,19H,1-3,5,7-8,10-15,17H2,(H,27,28). The van der Waals surface area contributed by atoms with Crippen LogP contribution in [0, 0.1) is 0 Å². The van der Waals surface area contributed by atoms with Gasteiger partial charge in [-0.05, 0) is 50.4 Å². The molecule has 28 heavy (non-hydrogen) atoms. The number of aliphatic carboxylic acids is 1. The summed E-state index contributed by atoms with van der Waals surface area (Å²) < 4.78 is 0. The quantitative estimate of drug-likeness (QED) is 0.652. The Bertz CT molecular complexity index is 632. The molecule has 1 aromatic heterocycles. The molecule has 0 saturated carbocycles. The molecule has 0 aromatic carbocycles. The van der Waals surface area contributed by atoms with Crippen molar-refractivity contribution in [3.63, 3.8) is 0 Å². The molecule has 2 saturated heterocycles.